The van der Waals surface area contributed by atoms with E-state index in [1.807, 2.05) is 61.5 Å². The van der Waals surface area contributed by atoms with Gasteiger partial charge in [-0.25, -0.2) is 0 Å². The lowest BCUT2D eigenvalue weighted by atomic mass is 10.3. The molecule has 1 aliphatic heterocycles. The van der Waals surface area contributed by atoms with Gasteiger partial charge < -0.3 is 24.6 Å². The van der Waals surface area contributed by atoms with Crippen LogP contribution in [-0.4, -0.2) is 55.9 Å². The third kappa shape index (κ3) is 6.12. The molecule has 1 heterocycles. The molecular weight excluding hydrogens is 358 g/mol. The summed E-state index contributed by atoms with van der Waals surface area (Å²) in [7, 11) is 0. The molecule has 0 atom stereocenters. The van der Waals surface area contributed by atoms with Crippen molar-refractivity contribution >= 4 is 23.0 Å². The summed E-state index contributed by atoms with van der Waals surface area (Å²) in [5.41, 5.74) is 0.995. The van der Waals surface area contributed by atoms with Crippen molar-refractivity contribution in [3.05, 3.63) is 54.6 Å². The van der Waals surface area contributed by atoms with Crippen LogP contribution in [0.3, 0.4) is 0 Å². The summed E-state index contributed by atoms with van der Waals surface area (Å²) in [5, 5.41) is 4.12. The van der Waals surface area contributed by atoms with Gasteiger partial charge in [-0.2, -0.15) is 0 Å². The van der Waals surface area contributed by atoms with Crippen molar-refractivity contribution in [1.29, 1.82) is 0 Å². The molecule has 0 saturated carbocycles. The Morgan fingerprint density at radius 1 is 1.00 bits per heavy atom. The van der Waals surface area contributed by atoms with Gasteiger partial charge in [-0.3, -0.25) is 0 Å². The highest BCUT2D eigenvalue weighted by atomic mass is 32.1. The van der Waals surface area contributed by atoms with Gasteiger partial charge in [0.25, 0.3) is 0 Å². The van der Waals surface area contributed by atoms with Gasteiger partial charge >= 0.3 is 0 Å². The van der Waals surface area contributed by atoms with Crippen LogP contribution in [0.4, 0.5) is 5.69 Å². The standard InChI is InChI=1S/C21H27N3O2S/c1-2-25-20-10-8-18(9-11-20)22-21(27)24-14-12-23(13-15-24)16-17-26-19-6-4-3-5-7-19/h3-11H,2,12-17H2,1H3,(H,22,27)/p+1. The number of piperazine rings is 1. The first kappa shape index (κ1) is 19.5. The summed E-state index contributed by atoms with van der Waals surface area (Å²) in [6.45, 7) is 8.49. The largest absolute Gasteiger partial charge is 0.494 e. The molecule has 6 heteroatoms. The second-order valence-electron chi connectivity index (χ2n) is 6.54. The molecule has 0 spiro atoms. The Bertz CT molecular complexity index is 701. The molecule has 0 bridgehead atoms. The highest BCUT2D eigenvalue weighted by Crippen LogP contribution is 2.16. The zero-order valence-corrected chi connectivity index (χ0v) is 16.6. The van der Waals surface area contributed by atoms with Crippen LogP contribution < -0.4 is 19.7 Å². The Morgan fingerprint density at radius 3 is 2.33 bits per heavy atom. The third-order valence-corrected chi connectivity index (χ3v) is 5.00. The van der Waals surface area contributed by atoms with E-state index in [4.69, 9.17) is 21.7 Å². The van der Waals surface area contributed by atoms with Gasteiger partial charge in [-0.05, 0) is 55.5 Å². The topological polar surface area (TPSA) is 38.2 Å². The molecule has 0 aliphatic carbocycles. The number of nitrogens with one attached hydrogen (secondary N) is 2. The summed E-state index contributed by atoms with van der Waals surface area (Å²) >= 11 is 5.58. The van der Waals surface area contributed by atoms with E-state index in [9.17, 15) is 0 Å². The Hall–Kier alpha value is -2.31. The predicted molar refractivity (Wildman–Crippen MR) is 113 cm³/mol. The van der Waals surface area contributed by atoms with Crippen molar-refractivity contribution < 1.29 is 14.4 Å². The number of para-hydroxylation sites is 1. The Kier molecular flexibility index (Phi) is 7.30. The van der Waals surface area contributed by atoms with Gasteiger partial charge in [-0.1, -0.05) is 18.2 Å². The van der Waals surface area contributed by atoms with Crippen molar-refractivity contribution in [2.24, 2.45) is 0 Å². The number of nitrogens with zero attached hydrogens (tertiary/aromatic N) is 1. The first-order valence-electron chi connectivity index (χ1n) is 9.55. The summed E-state index contributed by atoms with van der Waals surface area (Å²) in [4.78, 5) is 3.80. The van der Waals surface area contributed by atoms with Crippen molar-refractivity contribution in [3.8, 4) is 11.5 Å². The number of quaternary nitrogens is 1. The molecule has 27 heavy (non-hydrogen) atoms. The fraction of sp³-hybridized carbons (Fsp3) is 0.381. The van der Waals surface area contributed by atoms with Crippen LogP contribution >= 0.6 is 12.2 Å². The second-order valence-corrected chi connectivity index (χ2v) is 6.92. The number of benzene rings is 2. The lowest BCUT2D eigenvalue weighted by Gasteiger charge is -2.33. The van der Waals surface area contributed by atoms with Crippen molar-refractivity contribution in [2.75, 3.05) is 51.3 Å². The van der Waals surface area contributed by atoms with E-state index < -0.39 is 0 Å². The first-order valence-corrected chi connectivity index (χ1v) is 9.95. The minimum atomic E-state index is 0.675. The fourth-order valence-electron chi connectivity index (χ4n) is 3.11. The number of ether oxygens (including phenoxy) is 2. The maximum absolute atomic E-state index is 5.81. The number of thiocarbonyl (C=S) groups is 1. The lowest BCUT2D eigenvalue weighted by Crippen LogP contribution is -3.15. The van der Waals surface area contributed by atoms with Crippen molar-refractivity contribution in [2.45, 2.75) is 6.92 Å². The molecule has 3 rings (SSSR count). The average molecular weight is 387 g/mol. The zero-order chi connectivity index (χ0) is 18.9. The van der Waals surface area contributed by atoms with E-state index in [1.165, 1.54) is 0 Å². The summed E-state index contributed by atoms with van der Waals surface area (Å²) < 4.78 is 11.3. The molecule has 1 saturated heterocycles. The van der Waals surface area contributed by atoms with Gasteiger partial charge in [0.1, 0.15) is 24.7 Å². The third-order valence-electron chi connectivity index (χ3n) is 4.64. The summed E-state index contributed by atoms with van der Waals surface area (Å²) in [6.07, 6.45) is 0. The molecule has 0 amide bonds. The Balaban J connectivity index is 1.37. The number of anilines is 1. The molecule has 0 aromatic heterocycles. The van der Waals surface area contributed by atoms with Crippen LogP contribution in [0.25, 0.3) is 0 Å². The summed E-state index contributed by atoms with van der Waals surface area (Å²) in [6, 6.07) is 17.9. The maximum Gasteiger partial charge on any atom is 0.173 e. The quantitative estimate of drug-likeness (QED) is 0.713. The van der Waals surface area contributed by atoms with Gasteiger partial charge in [0.05, 0.1) is 32.8 Å². The zero-order valence-electron chi connectivity index (χ0n) is 15.8. The molecule has 0 radical (unpaired) electrons. The van der Waals surface area contributed by atoms with Crippen molar-refractivity contribution in [3.63, 3.8) is 0 Å². The predicted octanol–water partition coefficient (Wildman–Crippen LogP) is 2.06. The van der Waals surface area contributed by atoms with E-state index in [-0.39, 0.29) is 0 Å². The Morgan fingerprint density at radius 2 is 1.67 bits per heavy atom. The first-order chi connectivity index (χ1) is 13.2. The molecule has 1 aliphatic rings. The molecule has 1 fully saturated rings. The number of hydrogen-bond donors (Lipinski definition) is 2. The minimum Gasteiger partial charge on any atom is -0.494 e. The van der Waals surface area contributed by atoms with E-state index in [2.05, 4.69) is 10.2 Å². The van der Waals surface area contributed by atoms with E-state index in [0.717, 1.165) is 61.6 Å². The van der Waals surface area contributed by atoms with Gasteiger partial charge in [-0.15, -0.1) is 0 Å². The summed E-state index contributed by atoms with van der Waals surface area (Å²) in [5.74, 6) is 1.82. The van der Waals surface area contributed by atoms with Crippen LogP contribution in [0.15, 0.2) is 54.6 Å². The normalized spacial score (nSPS) is 14.6. The van der Waals surface area contributed by atoms with E-state index in [1.54, 1.807) is 4.90 Å². The van der Waals surface area contributed by atoms with Gasteiger partial charge in [0, 0.05) is 5.69 Å². The molecular formula is C21H28N3O2S+. The van der Waals surface area contributed by atoms with Crippen LogP contribution in [0.1, 0.15) is 6.92 Å². The highest BCUT2D eigenvalue weighted by Gasteiger charge is 2.21. The van der Waals surface area contributed by atoms with Crippen LogP contribution in [-0.2, 0) is 0 Å². The second kappa shape index (κ2) is 10.1. The van der Waals surface area contributed by atoms with Crippen LogP contribution in [0.2, 0.25) is 0 Å². The molecule has 0 unspecified atom stereocenters. The Labute approximate surface area is 166 Å². The lowest BCUT2D eigenvalue weighted by molar-refractivity contribution is -0.903. The number of hydrogen-bond acceptors (Lipinski definition) is 3. The smallest absolute Gasteiger partial charge is 0.173 e. The average Bonchev–Trinajstić information content (AvgIpc) is 2.71. The molecule has 2 N–H and O–H groups in total. The SMILES string of the molecule is CCOc1ccc(NC(=S)N2CC[NH+](CCOc3ccccc3)CC2)cc1. The van der Waals surface area contributed by atoms with E-state index >= 15 is 0 Å². The molecule has 2 aromatic rings. The fourth-order valence-corrected chi connectivity index (χ4v) is 3.41. The van der Waals surface area contributed by atoms with Gasteiger partial charge in [0.15, 0.2) is 5.11 Å². The van der Waals surface area contributed by atoms with Gasteiger partial charge in [0.2, 0.25) is 0 Å². The van der Waals surface area contributed by atoms with Crippen molar-refractivity contribution in [1.82, 2.24) is 4.90 Å². The molecule has 144 valence electrons. The van der Waals surface area contributed by atoms with Crippen LogP contribution in [0.5, 0.6) is 11.5 Å². The van der Waals surface area contributed by atoms with E-state index in [0.29, 0.717) is 6.61 Å². The monoisotopic (exact) mass is 386 g/mol. The molecule has 2 aromatic carbocycles. The van der Waals surface area contributed by atoms with Crippen LogP contribution in [0, 0.1) is 0 Å². The maximum atomic E-state index is 5.81. The minimum absolute atomic E-state index is 0.675. The molecule has 5 nitrogen and oxygen atoms in total. The number of rotatable bonds is 7. The highest BCUT2D eigenvalue weighted by molar-refractivity contribution is 7.80.